The van der Waals surface area contributed by atoms with Crippen LogP contribution in [-0.4, -0.2) is 16.8 Å². The zero-order valence-corrected chi connectivity index (χ0v) is 6.32. The number of nitrogens with two attached hydrogens (primary N) is 1. The minimum Gasteiger partial charge on any atom is -0.504 e. The largest absolute Gasteiger partial charge is 0.504 e. The van der Waals surface area contributed by atoms with Gasteiger partial charge >= 0.3 is 0 Å². The third-order valence-corrected chi connectivity index (χ3v) is 1.95. The smallest absolute Gasteiger partial charge is 0.200 e. The fourth-order valence-electron chi connectivity index (χ4n) is 1.28. The molecule has 4 N–H and O–H groups in total. The number of aromatic hydroxyl groups is 2. The first-order valence-corrected chi connectivity index (χ1v) is 3.63. The maximum Gasteiger partial charge on any atom is 0.200 e. The van der Waals surface area contributed by atoms with Crippen LogP contribution in [0.25, 0.3) is 0 Å². The second-order valence-electron chi connectivity index (χ2n) is 2.77. The molecule has 0 aromatic heterocycles. The number of benzene rings is 1. The summed E-state index contributed by atoms with van der Waals surface area (Å²) in [6, 6.07) is 2.86. The van der Waals surface area contributed by atoms with Crippen molar-refractivity contribution in [3.05, 3.63) is 17.7 Å². The minimum atomic E-state index is -0.222. The molecule has 0 aliphatic carbocycles. The van der Waals surface area contributed by atoms with Gasteiger partial charge in [0.05, 0.1) is 6.04 Å². The zero-order valence-electron chi connectivity index (χ0n) is 6.32. The molecule has 0 spiro atoms. The molecule has 4 heteroatoms. The van der Waals surface area contributed by atoms with Crippen LogP contribution in [0.1, 0.15) is 11.6 Å². The Balaban J connectivity index is 2.60. The van der Waals surface area contributed by atoms with Crippen molar-refractivity contribution in [3.8, 4) is 17.2 Å². The van der Waals surface area contributed by atoms with Crippen molar-refractivity contribution in [1.29, 1.82) is 0 Å². The summed E-state index contributed by atoms with van der Waals surface area (Å²) in [5, 5.41) is 18.4. The van der Waals surface area contributed by atoms with Crippen molar-refractivity contribution in [1.82, 2.24) is 0 Å². The first kappa shape index (κ1) is 7.24. The highest BCUT2D eigenvalue weighted by atomic mass is 16.5. The van der Waals surface area contributed by atoms with E-state index in [0.29, 0.717) is 12.4 Å². The lowest BCUT2D eigenvalue weighted by molar-refractivity contribution is 0.310. The lowest BCUT2D eigenvalue weighted by Crippen LogP contribution is -2.10. The van der Waals surface area contributed by atoms with Gasteiger partial charge < -0.3 is 20.7 Å². The van der Waals surface area contributed by atoms with E-state index in [1.165, 1.54) is 6.07 Å². The monoisotopic (exact) mass is 167 g/mol. The van der Waals surface area contributed by atoms with Gasteiger partial charge in [-0.25, -0.2) is 0 Å². The Morgan fingerprint density at radius 1 is 1.42 bits per heavy atom. The normalized spacial score (nSPS) is 20.2. The van der Waals surface area contributed by atoms with Crippen LogP contribution in [0.2, 0.25) is 0 Å². The zero-order chi connectivity index (χ0) is 8.72. The summed E-state index contributed by atoms with van der Waals surface area (Å²) in [7, 11) is 0. The van der Waals surface area contributed by atoms with Crippen LogP contribution in [0.15, 0.2) is 12.1 Å². The Morgan fingerprint density at radius 3 is 2.92 bits per heavy atom. The summed E-state index contributed by atoms with van der Waals surface area (Å²) in [6.07, 6.45) is 0. The van der Waals surface area contributed by atoms with Crippen LogP contribution in [0.4, 0.5) is 0 Å². The highest BCUT2D eigenvalue weighted by Gasteiger charge is 2.25. The van der Waals surface area contributed by atoms with E-state index in [9.17, 15) is 5.11 Å². The van der Waals surface area contributed by atoms with E-state index in [-0.39, 0.29) is 17.5 Å². The second kappa shape index (κ2) is 2.28. The van der Waals surface area contributed by atoms with Crippen molar-refractivity contribution in [2.45, 2.75) is 6.04 Å². The Morgan fingerprint density at radius 2 is 2.17 bits per heavy atom. The predicted molar refractivity (Wildman–Crippen MR) is 42.2 cm³/mol. The molecule has 0 amide bonds. The molecule has 2 rings (SSSR count). The standard InChI is InChI=1S/C8H9NO3/c9-5-3-12-8-4(5)1-2-6(10)7(8)11/h1-2,5,10-11H,3,9H2/t5-/m0/s1. The Hall–Kier alpha value is -1.42. The van der Waals surface area contributed by atoms with Crippen LogP contribution in [0.5, 0.6) is 17.2 Å². The van der Waals surface area contributed by atoms with Crippen LogP contribution in [0.3, 0.4) is 0 Å². The molecule has 64 valence electrons. The predicted octanol–water partition coefficient (Wildman–Crippen LogP) is 0.490. The summed E-state index contributed by atoms with van der Waals surface area (Å²) in [5.41, 5.74) is 6.39. The summed E-state index contributed by atoms with van der Waals surface area (Å²) in [5.74, 6) is -0.0919. The van der Waals surface area contributed by atoms with E-state index in [4.69, 9.17) is 15.6 Å². The quantitative estimate of drug-likeness (QED) is 0.491. The number of hydrogen-bond acceptors (Lipinski definition) is 4. The van der Waals surface area contributed by atoms with Crippen molar-refractivity contribution in [3.63, 3.8) is 0 Å². The SMILES string of the molecule is N[C@H]1COc2c1ccc(O)c2O. The topological polar surface area (TPSA) is 75.7 Å². The third-order valence-electron chi connectivity index (χ3n) is 1.95. The van der Waals surface area contributed by atoms with Gasteiger partial charge in [-0.15, -0.1) is 0 Å². The molecular formula is C8H9NO3. The highest BCUT2D eigenvalue weighted by molar-refractivity contribution is 5.56. The van der Waals surface area contributed by atoms with Crippen LogP contribution in [-0.2, 0) is 0 Å². The molecule has 1 aromatic carbocycles. The summed E-state index contributed by atoms with van der Waals surface area (Å²) in [4.78, 5) is 0. The lowest BCUT2D eigenvalue weighted by Gasteiger charge is -2.03. The summed E-state index contributed by atoms with van der Waals surface area (Å²) in [6.45, 7) is 0.354. The number of fused-ring (bicyclic) bond motifs is 1. The van der Waals surface area contributed by atoms with E-state index >= 15 is 0 Å². The third kappa shape index (κ3) is 0.816. The number of phenols is 2. The molecule has 12 heavy (non-hydrogen) atoms. The van der Waals surface area contributed by atoms with Gasteiger partial charge in [0, 0.05) is 5.56 Å². The molecule has 1 aliphatic heterocycles. The molecule has 0 fully saturated rings. The molecule has 1 atom stereocenters. The first-order valence-electron chi connectivity index (χ1n) is 3.63. The van der Waals surface area contributed by atoms with Gasteiger partial charge in [-0.3, -0.25) is 0 Å². The molecular weight excluding hydrogens is 158 g/mol. The maximum atomic E-state index is 9.31. The minimum absolute atomic E-state index is 0.178. The fraction of sp³-hybridized carbons (Fsp3) is 0.250. The van der Waals surface area contributed by atoms with Crippen molar-refractivity contribution >= 4 is 0 Å². The van der Waals surface area contributed by atoms with Gasteiger partial charge in [-0.2, -0.15) is 0 Å². The van der Waals surface area contributed by atoms with Crippen LogP contribution in [0, 0.1) is 0 Å². The van der Waals surface area contributed by atoms with E-state index < -0.39 is 0 Å². The molecule has 1 aliphatic rings. The number of phenolic OH excluding ortho intramolecular Hbond substituents is 2. The molecule has 0 radical (unpaired) electrons. The number of ether oxygens (including phenoxy) is 1. The molecule has 0 saturated heterocycles. The van der Waals surface area contributed by atoms with Gasteiger partial charge in [0.25, 0.3) is 0 Å². The van der Waals surface area contributed by atoms with Gasteiger partial charge in [0.15, 0.2) is 11.5 Å². The lowest BCUT2D eigenvalue weighted by atomic mass is 10.1. The first-order chi connectivity index (χ1) is 5.70. The average molecular weight is 167 g/mol. The Labute approximate surface area is 69.2 Å². The molecule has 0 saturated carbocycles. The van der Waals surface area contributed by atoms with Gasteiger partial charge in [0.2, 0.25) is 5.75 Å². The molecule has 1 heterocycles. The average Bonchev–Trinajstić information content (AvgIpc) is 2.41. The molecule has 0 unspecified atom stereocenters. The van der Waals surface area contributed by atoms with Crippen LogP contribution >= 0.6 is 0 Å². The second-order valence-corrected chi connectivity index (χ2v) is 2.77. The Bertz CT molecular complexity index is 324. The highest BCUT2D eigenvalue weighted by Crippen LogP contribution is 2.43. The summed E-state index contributed by atoms with van der Waals surface area (Å²) >= 11 is 0. The fourth-order valence-corrected chi connectivity index (χ4v) is 1.28. The van der Waals surface area contributed by atoms with Crippen molar-refractivity contribution in [2.75, 3.05) is 6.61 Å². The maximum absolute atomic E-state index is 9.31. The Kier molecular flexibility index (Phi) is 1.38. The summed E-state index contributed by atoms with van der Waals surface area (Å²) < 4.78 is 5.09. The van der Waals surface area contributed by atoms with Gasteiger partial charge in [-0.1, -0.05) is 0 Å². The van der Waals surface area contributed by atoms with E-state index in [1.807, 2.05) is 0 Å². The molecule has 0 bridgehead atoms. The van der Waals surface area contributed by atoms with E-state index in [2.05, 4.69) is 0 Å². The number of hydrogen-bond donors (Lipinski definition) is 3. The van der Waals surface area contributed by atoms with Crippen molar-refractivity contribution < 1.29 is 14.9 Å². The van der Waals surface area contributed by atoms with Crippen molar-refractivity contribution in [2.24, 2.45) is 5.73 Å². The molecule has 1 aromatic rings. The van der Waals surface area contributed by atoms with E-state index in [1.54, 1.807) is 6.07 Å². The van der Waals surface area contributed by atoms with Gasteiger partial charge in [0.1, 0.15) is 6.61 Å². The van der Waals surface area contributed by atoms with Crippen LogP contribution < -0.4 is 10.5 Å². The number of rotatable bonds is 0. The van der Waals surface area contributed by atoms with Gasteiger partial charge in [-0.05, 0) is 12.1 Å². The van der Waals surface area contributed by atoms with E-state index in [0.717, 1.165) is 5.56 Å². The molecule has 4 nitrogen and oxygen atoms in total.